The minimum absolute atomic E-state index is 0.351. The molecule has 4 aliphatic rings. The molecule has 1 N–H and O–H groups in total. The molecule has 0 heterocycles. The highest BCUT2D eigenvalue weighted by Crippen LogP contribution is 2.68. The van der Waals surface area contributed by atoms with Crippen LogP contribution < -0.4 is 0 Å². The Morgan fingerprint density at radius 1 is 0.962 bits per heavy atom. The molecule has 0 aromatic carbocycles. The Morgan fingerprint density at radius 3 is 2.50 bits per heavy atom. The smallest absolute Gasteiger partial charge is 0.303 e. The summed E-state index contributed by atoms with van der Waals surface area (Å²) >= 11 is 0. The molecule has 8 atom stereocenters. The van der Waals surface area contributed by atoms with E-state index < -0.39 is 5.97 Å². The zero-order valence-electron chi connectivity index (χ0n) is 17.3. The van der Waals surface area contributed by atoms with Crippen LogP contribution in [0.4, 0.5) is 0 Å². The fourth-order valence-electron chi connectivity index (χ4n) is 8.82. The monoisotopic (exact) mass is 360 g/mol. The molecular formula is C24H40O2. The number of aliphatic carboxylic acids is 1. The van der Waals surface area contributed by atoms with E-state index in [4.69, 9.17) is 5.11 Å². The second kappa shape index (κ2) is 6.82. The SMILES string of the molecule is C[C@H](CCC(=O)O)[C@@H]1CC[C@@H]2[C@@H]3CC[C@@H]4CCCC[C@]4(C)[C@H]3CC[C@@]21C. The second-order valence-corrected chi connectivity index (χ2v) is 11.0. The van der Waals surface area contributed by atoms with Crippen molar-refractivity contribution in [2.45, 2.75) is 97.8 Å². The van der Waals surface area contributed by atoms with E-state index in [2.05, 4.69) is 20.8 Å². The molecule has 0 aliphatic heterocycles. The number of carbonyl (C=O) groups is 1. The topological polar surface area (TPSA) is 37.3 Å². The molecule has 0 spiro atoms. The van der Waals surface area contributed by atoms with E-state index >= 15 is 0 Å². The van der Waals surface area contributed by atoms with Crippen molar-refractivity contribution < 1.29 is 9.90 Å². The molecule has 0 bridgehead atoms. The van der Waals surface area contributed by atoms with Crippen LogP contribution in [-0.2, 0) is 4.79 Å². The predicted molar refractivity (Wildman–Crippen MR) is 106 cm³/mol. The van der Waals surface area contributed by atoms with Crippen LogP contribution in [-0.4, -0.2) is 11.1 Å². The Kier molecular flexibility index (Phi) is 4.93. The van der Waals surface area contributed by atoms with Crippen molar-refractivity contribution in [2.24, 2.45) is 46.3 Å². The zero-order valence-corrected chi connectivity index (χ0v) is 17.3. The summed E-state index contributed by atoms with van der Waals surface area (Å²) in [6.07, 6.45) is 15.7. The van der Waals surface area contributed by atoms with Crippen LogP contribution in [0.2, 0.25) is 0 Å². The van der Waals surface area contributed by atoms with E-state index in [0.717, 1.165) is 36.0 Å². The van der Waals surface area contributed by atoms with Crippen LogP contribution in [0.5, 0.6) is 0 Å². The maximum atomic E-state index is 11.0. The molecule has 26 heavy (non-hydrogen) atoms. The van der Waals surface area contributed by atoms with Crippen molar-refractivity contribution >= 4 is 5.97 Å². The minimum Gasteiger partial charge on any atom is -0.481 e. The average Bonchev–Trinajstić information content (AvgIpc) is 2.96. The molecule has 148 valence electrons. The van der Waals surface area contributed by atoms with Crippen LogP contribution in [0.3, 0.4) is 0 Å². The second-order valence-electron chi connectivity index (χ2n) is 11.0. The average molecular weight is 361 g/mol. The van der Waals surface area contributed by atoms with Crippen LogP contribution >= 0.6 is 0 Å². The predicted octanol–water partition coefficient (Wildman–Crippen LogP) is 6.54. The van der Waals surface area contributed by atoms with Gasteiger partial charge in [-0.25, -0.2) is 0 Å². The van der Waals surface area contributed by atoms with Gasteiger partial charge in [-0.05, 0) is 104 Å². The highest BCUT2D eigenvalue weighted by molar-refractivity contribution is 5.66. The summed E-state index contributed by atoms with van der Waals surface area (Å²) in [5, 5.41) is 9.09. The van der Waals surface area contributed by atoms with Gasteiger partial charge in [0.1, 0.15) is 0 Å². The highest BCUT2D eigenvalue weighted by atomic mass is 16.4. The maximum Gasteiger partial charge on any atom is 0.303 e. The molecule has 0 saturated heterocycles. The van der Waals surface area contributed by atoms with Gasteiger partial charge in [-0.15, -0.1) is 0 Å². The fraction of sp³-hybridized carbons (Fsp3) is 0.958. The van der Waals surface area contributed by atoms with Crippen molar-refractivity contribution in [3.63, 3.8) is 0 Å². The van der Waals surface area contributed by atoms with Gasteiger partial charge in [0, 0.05) is 6.42 Å². The van der Waals surface area contributed by atoms with Crippen molar-refractivity contribution in [1.29, 1.82) is 0 Å². The first kappa shape index (κ1) is 18.8. The third-order valence-electron chi connectivity index (χ3n) is 10.2. The Morgan fingerprint density at radius 2 is 1.73 bits per heavy atom. The summed E-state index contributed by atoms with van der Waals surface area (Å²) in [7, 11) is 0. The molecule has 2 nitrogen and oxygen atoms in total. The molecule has 0 radical (unpaired) electrons. The van der Waals surface area contributed by atoms with Gasteiger partial charge in [-0.3, -0.25) is 4.79 Å². The molecule has 4 aliphatic carbocycles. The summed E-state index contributed by atoms with van der Waals surface area (Å²) in [4.78, 5) is 11.0. The van der Waals surface area contributed by atoms with Gasteiger partial charge in [0.15, 0.2) is 0 Å². The zero-order chi connectivity index (χ0) is 18.5. The summed E-state index contributed by atoms with van der Waals surface area (Å²) in [6.45, 7) is 7.60. The van der Waals surface area contributed by atoms with E-state index in [1.807, 2.05) is 0 Å². The quantitative estimate of drug-likeness (QED) is 0.618. The summed E-state index contributed by atoms with van der Waals surface area (Å²) in [5.41, 5.74) is 1.12. The molecule has 0 unspecified atom stereocenters. The Labute approximate surface area is 160 Å². The third kappa shape index (κ3) is 2.85. The van der Waals surface area contributed by atoms with E-state index in [-0.39, 0.29) is 0 Å². The number of carboxylic acids is 1. The molecular weight excluding hydrogens is 320 g/mol. The molecule has 4 saturated carbocycles. The van der Waals surface area contributed by atoms with Crippen LogP contribution in [0, 0.1) is 46.3 Å². The number of hydrogen-bond donors (Lipinski definition) is 1. The van der Waals surface area contributed by atoms with Gasteiger partial charge in [0.2, 0.25) is 0 Å². The van der Waals surface area contributed by atoms with E-state index in [0.29, 0.717) is 23.2 Å². The number of carboxylic acid groups (broad SMARTS) is 1. The molecule has 4 fully saturated rings. The van der Waals surface area contributed by atoms with Gasteiger partial charge < -0.3 is 5.11 Å². The first-order valence-corrected chi connectivity index (χ1v) is 11.6. The highest BCUT2D eigenvalue weighted by Gasteiger charge is 2.60. The first-order chi connectivity index (χ1) is 12.4. The van der Waals surface area contributed by atoms with E-state index in [1.165, 1.54) is 64.2 Å². The van der Waals surface area contributed by atoms with Gasteiger partial charge in [-0.1, -0.05) is 33.6 Å². The largest absolute Gasteiger partial charge is 0.481 e. The Hall–Kier alpha value is -0.530. The van der Waals surface area contributed by atoms with Gasteiger partial charge in [0.05, 0.1) is 0 Å². The van der Waals surface area contributed by atoms with Crippen molar-refractivity contribution in [3.05, 3.63) is 0 Å². The van der Waals surface area contributed by atoms with Crippen LogP contribution in [0.25, 0.3) is 0 Å². The van der Waals surface area contributed by atoms with Crippen molar-refractivity contribution in [1.82, 2.24) is 0 Å². The number of rotatable bonds is 4. The normalized spacial score (nSPS) is 49.0. The summed E-state index contributed by atoms with van der Waals surface area (Å²) < 4.78 is 0. The lowest BCUT2D eigenvalue weighted by atomic mass is 9.44. The number of hydrogen-bond acceptors (Lipinski definition) is 1. The molecule has 2 heteroatoms. The van der Waals surface area contributed by atoms with E-state index in [9.17, 15) is 4.79 Å². The molecule has 0 aromatic heterocycles. The van der Waals surface area contributed by atoms with Gasteiger partial charge in [0.25, 0.3) is 0 Å². The summed E-state index contributed by atoms with van der Waals surface area (Å²) in [6, 6.07) is 0. The van der Waals surface area contributed by atoms with Crippen LogP contribution in [0.1, 0.15) is 97.8 Å². The fourth-order valence-corrected chi connectivity index (χ4v) is 8.82. The molecule has 0 amide bonds. The summed E-state index contributed by atoms with van der Waals surface area (Å²) in [5.74, 6) is 4.57. The standard InChI is InChI=1S/C24H40O2/c1-16(7-12-22(25)26)19-10-11-20-18-9-8-17-6-4-5-14-23(17,2)21(18)13-15-24(19,20)3/h16-21H,4-15H2,1-3H3,(H,25,26)/t16-,17+,18+,19+,20-,21+,23+,24-/m1/s1. The third-order valence-corrected chi connectivity index (χ3v) is 10.2. The van der Waals surface area contributed by atoms with E-state index in [1.54, 1.807) is 0 Å². The van der Waals surface area contributed by atoms with Gasteiger partial charge in [-0.2, -0.15) is 0 Å². The van der Waals surface area contributed by atoms with Crippen molar-refractivity contribution in [3.8, 4) is 0 Å². The lowest BCUT2D eigenvalue weighted by Gasteiger charge is -2.61. The molecule has 0 aromatic rings. The number of fused-ring (bicyclic) bond motifs is 5. The Bertz CT molecular complexity index is 542. The van der Waals surface area contributed by atoms with Gasteiger partial charge >= 0.3 is 5.97 Å². The molecule has 4 rings (SSSR count). The Balaban J connectivity index is 1.52. The minimum atomic E-state index is -0.621. The first-order valence-electron chi connectivity index (χ1n) is 11.6. The van der Waals surface area contributed by atoms with Crippen molar-refractivity contribution in [2.75, 3.05) is 0 Å². The maximum absolute atomic E-state index is 11.0. The van der Waals surface area contributed by atoms with Crippen LogP contribution in [0.15, 0.2) is 0 Å². The lowest BCUT2D eigenvalue weighted by Crippen LogP contribution is -2.53. The lowest BCUT2D eigenvalue weighted by molar-refractivity contribution is -0.137.